The van der Waals surface area contributed by atoms with Crippen molar-refractivity contribution in [2.24, 2.45) is 5.92 Å². The number of likely N-dealkylation sites (tertiary alicyclic amines) is 1. The topological polar surface area (TPSA) is 76.3 Å². The van der Waals surface area contributed by atoms with Crippen molar-refractivity contribution in [3.8, 4) is 0 Å². The van der Waals surface area contributed by atoms with E-state index in [1.54, 1.807) is 12.1 Å². The molecule has 0 unspecified atom stereocenters. The molecule has 1 aliphatic heterocycles. The zero-order chi connectivity index (χ0) is 18.1. The maximum Gasteiger partial charge on any atom is 0.229 e. The van der Waals surface area contributed by atoms with E-state index in [0.717, 1.165) is 56.2 Å². The second-order valence-corrected chi connectivity index (χ2v) is 9.68. The largest absolute Gasteiger partial charge is 0.339 e. The smallest absolute Gasteiger partial charge is 0.229 e. The normalized spacial score (nSPS) is 19.7. The zero-order valence-electron chi connectivity index (χ0n) is 15.1. The summed E-state index contributed by atoms with van der Waals surface area (Å²) in [6.07, 6.45) is 6.79. The summed E-state index contributed by atoms with van der Waals surface area (Å²) < 4.78 is 28.4. The maximum atomic E-state index is 11.5. The number of hydrogen-bond acceptors (Lipinski definition) is 6. The summed E-state index contributed by atoms with van der Waals surface area (Å²) in [6, 6.07) is 7.23. The van der Waals surface area contributed by atoms with Crippen LogP contribution in [0, 0.1) is 5.92 Å². The molecule has 26 heavy (non-hydrogen) atoms. The van der Waals surface area contributed by atoms with Gasteiger partial charge in [-0.05, 0) is 62.4 Å². The van der Waals surface area contributed by atoms with Gasteiger partial charge in [0.2, 0.25) is 5.89 Å². The fraction of sp³-hybridized carbons (Fsp3) is 0.579. The Balaban J connectivity index is 1.26. The van der Waals surface area contributed by atoms with Gasteiger partial charge in [-0.1, -0.05) is 17.3 Å². The van der Waals surface area contributed by atoms with E-state index >= 15 is 0 Å². The predicted molar refractivity (Wildman–Crippen MR) is 97.5 cm³/mol. The van der Waals surface area contributed by atoms with Crippen molar-refractivity contribution in [3.63, 3.8) is 0 Å². The lowest BCUT2D eigenvalue weighted by Gasteiger charge is -2.31. The highest BCUT2D eigenvalue weighted by atomic mass is 32.2. The lowest BCUT2D eigenvalue weighted by atomic mass is 9.93. The third-order valence-electron chi connectivity index (χ3n) is 5.35. The molecule has 4 rings (SSSR count). The third-order valence-corrected chi connectivity index (χ3v) is 6.47. The summed E-state index contributed by atoms with van der Waals surface area (Å²) in [5.74, 6) is 2.83. The molecule has 0 bridgehead atoms. The number of hydrogen-bond donors (Lipinski definition) is 0. The van der Waals surface area contributed by atoms with Gasteiger partial charge in [-0.25, -0.2) is 8.42 Å². The second-order valence-electron chi connectivity index (χ2n) is 7.66. The van der Waals surface area contributed by atoms with Gasteiger partial charge in [0.1, 0.15) is 0 Å². The Morgan fingerprint density at radius 2 is 1.81 bits per heavy atom. The van der Waals surface area contributed by atoms with Crippen LogP contribution in [0.2, 0.25) is 0 Å². The quantitative estimate of drug-likeness (QED) is 0.773. The molecule has 1 saturated heterocycles. The minimum atomic E-state index is -3.12. The molecule has 0 atom stereocenters. The summed E-state index contributed by atoms with van der Waals surface area (Å²) in [5.41, 5.74) is 1.16. The van der Waals surface area contributed by atoms with Crippen molar-refractivity contribution < 1.29 is 12.9 Å². The van der Waals surface area contributed by atoms with Crippen LogP contribution < -0.4 is 0 Å². The molecule has 6 nitrogen and oxygen atoms in total. The molecule has 1 aromatic carbocycles. The van der Waals surface area contributed by atoms with Crippen molar-refractivity contribution in [2.45, 2.75) is 49.5 Å². The van der Waals surface area contributed by atoms with Gasteiger partial charge in [-0.2, -0.15) is 4.98 Å². The first-order chi connectivity index (χ1) is 12.5. The molecular weight excluding hydrogens is 350 g/mol. The van der Waals surface area contributed by atoms with Crippen LogP contribution in [-0.4, -0.2) is 42.8 Å². The molecule has 2 aliphatic rings. The maximum absolute atomic E-state index is 11.5. The van der Waals surface area contributed by atoms with Crippen molar-refractivity contribution in [1.82, 2.24) is 15.0 Å². The molecule has 140 valence electrons. The van der Waals surface area contributed by atoms with Crippen molar-refractivity contribution in [3.05, 3.63) is 41.5 Å². The van der Waals surface area contributed by atoms with Gasteiger partial charge < -0.3 is 4.52 Å². The predicted octanol–water partition coefficient (Wildman–Crippen LogP) is 2.81. The standard InChI is InChI=1S/C19H25N3O3S/c1-26(23,24)17-6-2-15(3-7-17)13-22-10-8-14(9-11-22)12-18-20-19(25-21-18)16-4-5-16/h2-3,6-7,14,16H,4-5,8-13H2,1H3. The van der Waals surface area contributed by atoms with E-state index in [4.69, 9.17) is 4.52 Å². The second kappa shape index (κ2) is 7.12. The highest BCUT2D eigenvalue weighted by Crippen LogP contribution is 2.39. The number of piperidine rings is 1. The van der Waals surface area contributed by atoms with Crippen LogP contribution >= 0.6 is 0 Å². The third kappa shape index (κ3) is 4.32. The first-order valence-electron chi connectivity index (χ1n) is 9.31. The van der Waals surface area contributed by atoms with Gasteiger partial charge in [0, 0.05) is 25.1 Å². The summed E-state index contributed by atoms with van der Waals surface area (Å²) in [5, 5.41) is 4.14. The fourth-order valence-electron chi connectivity index (χ4n) is 3.55. The molecule has 2 fully saturated rings. The van der Waals surface area contributed by atoms with Gasteiger partial charge in [-0.3, -0.25) is 4.90 Å². The molecule has 0 amide bonds. The highest BCUT2D eigenvalue weighted by Gasteiger charge is 2.30. The van der Waals surface area contributed by atoms with E-state index in [-0.39, 0.29) is 0 Å². The summed E-state index contributed by atoms with van der Waals surface area (Å²) in [4.78, 5) is 7.35. The molecule has 2 heterocycles. The van der Waals surface area contributed by atoms with Crippen LogP contribution in [-0.2, 0) is 22.8 Å². The summed E-state index contributed by atoms with van der Waals surface area (Å²) in [6.45, 7) is 2.96. The van der Waals surface area contributed by atoms with E-state index in [2.05, 4.69) is 15.0 Å². The Bertz CT molecular complexity index is 848. The first-order valence-corrected chi connectivity index (χ1v) is 11.2. The SMILES string of the molecule is CS(=O)(=O)c1ccc(CN2CCC(Cc3noc(C4CC4)n3)CC2)cc1. The minimum absolute atomic E-state index is 0.380. The molecule has 1 saturated carbocycles. The lowest BCUT2D eigenvalue weighted by molar-refractivity contribution is 0.175. The molecule has 0 spiro atoms. The van der Waals surface area contributed by atoms with E-state index in [0.29, 0.717) is 16.7 Å². The molecule has 0 radical (unpaired) electrons. The Morgan fingerprint density at radius 1 is 1.12 bits per heavy atom. The molecule has 1 aliphatic carbocycles. The molecule has 7 heteroatoms. The molecular formula is C19H25N3O3S. The zero-order valence-corrected chi connectivity index (χ0v) is 15.9. The van der Waals surface area contributed by atoms with Gasteiger partial charge in [0.25, 0.3) is 0 Å². The number of nitrogens with zero attached hydrogens (tertiary/aromatic N) is 3. The van der Waals surface area contributed by atoms with Gasteiger partial charge in [0.05, 0.1) is 4.90 Å². The summed E-state index contributed by atoms with van der Waals surface area (Å²) >= 11 is 0. The Kier molecular flexibility index (Phi) is 4.84. The van der Waals surface area contributed by atoms with Crippen LogP contribution in [0.15, 0.2) is 33.7 Å². The fourth-order valence-corrected chi connectivity index (χ4v) is 4.18. The average molecular weight is 375 g/mol. The van der Waals surface area contributed by atoms with Crippen molar-refractivity contribution in [2.75, 3.05) is 19.3 Å². The number of sulfone groups is 1. The van der Waals surface area contributed by atoms with E-state index in [1.165, 1.54) is 19.1 Å². The lowest BCUT2D eigenvalue weighted by Crippen LogP contribution is -2.34. The van der Waals surface area contributed by atoms with E-state index in [9.17, 15) is 8.42 Å². The van der Waals surface area contributed by atoms with Crippen LogP contribution in [0.4, 0.5) is 0 Å². The summed E-state index contributed by atoms with van der Waals surface area (Å²) in [7, 11) is -3.12. The van der Waals surface area contributed by atoms with Crippen molar-refractivity contribution >= 4 is 9.84 Å². The van der Waals surface area contributed by atoms with Crippen LogP contribution in [0.5, 0.6) is 0 Å². The van der Waals surface area contributed by atoms with Crippen LogP contribution in [0.1, 0.15) is 48.9 Å². The Morgan fingerprint density at radius 3 is 2.42 bits per heavy atom. The molecule has 2 aromatic rings. The molecule has 1 aromatic heterocycles. The number of aromatic nitrogens is 2. The van der Waals surface area contributed by atoms with Gasteiger partial charge >= 0.3 is 0 Å². The Hall–Kier alpha value is -1.73. The van der Waals surface area contributed by atoms with E-state index < -0.39 is 9.84 Å². The molecule has 0 N–H and O–H groups in total. The highest BCUT2D eigenvalue weighted by molar-refractivity contribution is 7.90. The van der Waals surface area contributed by atoms with Crippen LogP contribution in [0.25, 0.3) is 0 Å². The number of rotatable bonds is 6. The monoisotopic (exact) mass is 375 g/mol. The van der Waals surface area contributed by atoms with Crippen LogP contribution in [0.3, 0.4) is 0 Å². The van der Waals surface area contributed by atoms with Gasteiger partial charge in [-0.15, -0.1) is 0 Å². The van der Waals surface area contributed by atoms with E-state index in [1.807, 2.05) is 12.1 Å². The Labute approximate surface area is 154 Å². The first kappa shape index (κ1) is 17.7. The minimum Gasteiger partial charge on any atom is -0.339 e. The van der Waals surface area contributed by atoms with Gasteiger partial charge in [0.15, 0.2) is 15.7 Å². The number of benzene rings is 1. The van der Waals surface area contributed by atoms with Crippen molar-refractivity contribution in [1.29, 1.82) is 0 Å². The average Bonchev–Trinajstić information content (AvgIpc) is 3.36.